The second kappa shape index (κ2) is 4.23. The van der Waals surface area contributed by atoms with Gasteiger partial charge in [-0.15, -0.1) is 0 Å². The molecule has 1 rings (SSSR count). The molecule has 0 bridgehead atoms. The summed E-state index contributed by atoms with van der Waals surface area (Å²) in [7, 11) is -1.03. The van der Waals surface area contributed by atoms with Crippen LogP contribution in [0.1, 0.15) is 0 Å². The average Bonchev–Trinajstić information content (AvgIpc) is 2.01. The summed E-state index contributed by atoms with van der Waals surface area (Å²) in [5.74, 6) is 0. The second-order valence-corrected chi connectivity index (χ2v) is 10.2. The van der Waals surface area contributed by atoms with E-state index in [0.29, 0.717) is 6.61 Å². The zero-order valence-corrected chi connectivity index (χ0v) is 9.71. The van der Waals surface area contributed by atoms with Crippen LogP contribution in [0.25, 0.3) is 0 Å². The number of nitriles is 1. The van der Waals surface area contributed by atoms with Crippen molar-refractivity contribution in [1.29, 1.82) is 5.26 Å². The summed E-state index contributed by atoms with van der Waals surface area (Å²) in [6.45, 7) is 9.55. The van der Waals surface area contributed by atoms with E-state index in [9.17, 15) is 0 Å². The molecule has 1 saturated heterocycles. The second-order valence-electron chi connectivity index (χ2n) is 4.78. The lowest BCUT2D eigenvalue weighted by Gasteiger charge is -2.33. The maximum absolute atomic E-state index is 8.72. The SMILES string of the molecule is C[Si](C)(C)CN1CCOC(C#N)C1. The van der Waals surface area contributed by atoms with Crippen molar-refractivity contribution in [3.05, 3.63) is 0 Å². The monoisotopic (exact) mass is 198 g/mol. The smallest absolute Gasteiger partial charge is 0.156 e. The van der Waals surface area contributed by atoms with E-state index in [1.54, 1.807) is 0 Å². The Morgan fingerprint density at radius 2 is 2.23 bits per heavy atom. The average molecular weight is 198 g/mol. The molecule has 0 aromatic heterocycles. The van der Waals surface area contributed by atoms with E-state index in [1.165, 1.54) is 6.17 Å². The fourth-order valence-corrected chi connectivity index (χ4v) is 3.22. The summed E-state index contributed by atoms with van der Waals surface area (Å²) in [6.07, 6.45) is 0.972. The lowest BCUT2D eigenvalue weighted by atomic mass is 10.3. The standard InChI is InChI=1S/C9H18N2OSi/c1-13(2,3)8-11-4-5-12-9(6-10)7-11/h9H,4-5,7-8H2,1-3H3. The Morgan fingerprint density at radius 1 is 1.54 bits per heavy atom. The fourth-order valence-electron chi connectivity index (χ4n) is 1.60. The zero-order chi connectivity index (χ0) is 9.90. The van der Waals surface area contributed by atoms with E-state index in [0.717, 1.165) is 13.1 Å². The van der Waals surface area contributed by atoms with Crippen molar-refractivity contribution in [3.63, 3.8) is 0 Å². The van der Waals surface area contributed by atoms with E-state index < -0.39 is 8.07 Å². The molecule has 0 aromatic rings. The van der Waals surface area contributed by atoms with Gasteiger partial charge in [-0.3, -0.25) is 0 Å². The van der Waals surface area contributed by atoms with Gasteiger partial charge in [0.25, 0.3) is 0 Å². The quantitative estimate of drug-likeness (QED) is 0.623. The molecule has 0 spiro atoms. The van der Waals surface area contributed by atoms with Crippen LogP contribution < -0.4 is 0 Å². The van der Waals surface area contributed by atoms with Crippen LogP contribution in [0.4, 0.5) is 0 Å². The van der Waals surface area contributed by atoms with Crippen LogP contribution in [0.2, 0.25) is 19.6 Å². The van der Waals surface area contributed by atoms with Crippen molar-refractivity contribution in [2.24, 2.45) is 0 Å². The van der Waals surface area contributed by atoms with Crippen LogP contribution >= 0.6 is 0 Å². The molecule has 0 radical (unpaired) electrons. The van der Waals surface area contributed by atoms with Crippen molar-refractivity contribution in [1.82, 2.24) is 4.90 Å². The summed E-state index contributed by atoms with van der Waals surface area (Å²) >= 11 is 0. The van der Waals surface area contributed by atoms with Gasteiger partial charge < -0.3 is 9.64 Å². The van der Waals surface area contributed by atoms with Gasteiger partial charge in [0.05, 0.1) is 20.7 Å². The molecule has 0 aliphatic carbocycles. The fraction of sp³-hybridized carbons (Fsp3) is 0.889. The molecule has 3 nitrogen and oxygen atoms in total. The molecule has 0 amide bonds. The van der Waals surface area contributed by atoms with E-state index in [-0.39, 0.29) is 6.10 Å². The highest BCUT2D eigenvalue weighted by Crippen LogP contribution is 2.09. The molecule has 1 aliphatic rings. The van der Waals surface area contributed by atoms with Crippen molar-refractivity contribution >= 4 is 8.07 Å². The van der Waals surface area contributed by atoms with Crippen LogP contribution in [0, 0.1) is 11.3 Å². The van der Waals surface area contributed by atoms with Gasteiger partial charge in [-0.05, 0) is 6.17 Å². The third kappa shape index (κ3) is 3.90. The molecule has 4 heteroatoms. The van der Waals surface area contributed by atoms with Crippen LogP contribution in [-0.2, 0) is 4.74 Å². The predicted molar refractivity (Wildman–Crippen MR) is 55.1 cm³/mol. The predicted octanol–water partition coefficient (Wildman–Crippen LogP) is 1.09. The first-order valence-corrected chi connectivity index (χ1v) is 8.45. The first-order chi connectivity index (χ1) is 6.01. The molecule has 13 heavy (non-hydrogen) atoms. The van der Waals surface area contributed by atoms with Crippen molar-refractivity contribution < 1.29 is 4.74 Å². The normalized spacial score (nSPS) is 25.5. The third-order valence-corrected chi connectivity index (χ3v) is 3.39. The van der Waals surface area contributed by atoms with E-state index in [4.69, 9.17) is 10.00 Å². The number of rotatable bonds is 2. The van der Waals surface area contributed by atoms with Gasteiger partial charge in [0.2, 0.25) is 0 Å². The maximum atomic E-state index is 8.72. The van der Waals surface area contributed by atoms with Gasteiger partial charge in [0.1, 0.15) is 0 Å². The van der Waals surface area contributed by atoms with Crippen LogP contribution in [-0.4, -0.2) is 44.9 Å². The molecule has 0 N–H and O–H groups in total. The van der Waals surface area contributed by atoms with Crippen molar-refractivity contribution in [2.45, 2.75) is 25.7 Å². The minimum atomic E-state index is -1.03. The lowest BCUT2D eigenvalue weighted by molar-refractivity contribution is 0.00697. The number of ether oxygens (including phenoxy) is 1. The molecule has 1 fully saturated rings. The highest BCUT2D eigenvalue weighted by Gasteiger charge is 2.24. The van der Waals surface area contributed by atoms with Gasteiger partial charge in [-0.1, -0.05) is 19.6 Å². The number of hydrogen-bond acceptors (Lipinski definition) is 3. The molecule has 0 aromatic carbocycles. The Labute approximate surface area is 81.3 Å². The maximum Gasteiger partial charge on any atom is 0.156 e. The van der Waals surface area contributed by atoms with Gasteiger partial charge in [0.15, 0.2) is 6.10 Å². The van der Waals surface area contributed by atoms with Gasteiger partial charge in [-0.25, -0.2) is 0 Å². The molecular weight excluding hydrogens is 180 g/mol. The molecule has 74 valence electrons. The number of hydrogen-bond donors (Lipinski definition) is 0. The Balaban J connectivity index is 2.40. The number of morpholine rings is 1. The van der Waals surface area contributed by atoms with E-state index in [2.05, 4.69) is 30.6 Å². The van der Waals surface area contributed by atoms with E-state index in [1.807, 2.05) is 0 Å². The minimum Gasteiger partial charge on any atom is -0.361 e. The van der Waals surface area contributed by atoms with Crippen molar-refractivity contribution in [3.8, 4) is 6.07 Å². The largest absolute Gasteiger partial charge is 0.361 e. The summed E-state index contributed by atoms with van der Waals surface area (Å²) in [5, 5.41) is 8.72. The highest BCUT2D eigenvalue weighted by molar-refractivity contribution is 6.76. The summed E-state index contributed by atoms with van der Waals surface area (Å²) in [4.78, 5) is 2.36. The highest BCUT2D eigenvalue weighted by atomic mass is 28.3. The topological polar surface area (TPSA) is 36.3 Å². The van der Waals surface area contributed by atoms with Crippen molar-refractivity contribution in [2.75, 3.05) is 25.9 Å². The Bertz CT molecular complexity index is 207. The lowest BCUT2D eigenvalue weighted by Crippen LogP contribution is -2.48. The van der Waals surface area contributed by atoms with Gasteiger partial charge >= 0.3 is 0 Å². The van der Waals surface area contributed by atoms with Gasteiger partial charge in [-0.2, -0.15) is 5.26 Å². The molecule has 1 aliphatic heterocycles. The first-order valence-electron chi connectivity index (χ1n) is 4.75. The Kier molecular flexibility index (Phi) is 3.48. The Morgan fingerprint density at radius 3 is 2.77 bits per heavy atom. The van der Waals surface area contributed by atoms with E-state index >= 15 is 0 Å². The Hall–Kier alpha value is -0.373. The summed E-state index contributed by atoms with van der Waals surface area (Å²) in [6, 6.07) is 2.17. The molecule has 1 unspecified atom stereocenters. The van der Waals surface area contributed by atoms with Gasteiger partial charge in [0, 0.05) is 13.1 Å². The third-order valence-electron chi connectivity index (χ3n) is 1.99. The minimum absolute atomic E-state index is 0.204. The van der Waals surface area contributed by atoms with Crippen LogP contribution in [0.3, 0.4) is 0 Å². The molecule has 1 heterocycles. The summed E-state index contributed by atoms with van der Waals surface area (Å²) in [5.41, 5.74) is 0. The molecular formula is C9H18N2OSi. The first kappa shape index (κ1) is 10.7. The molecule has 0 saturated carbocycles. The van der Waals surface area contributed by atoms with Crippen LogP contribution in [0.15, 0.2) is 0 Å². The summed E-state index contributed by atoms with van der Waals surface area (Å²) < 4.78 is 5.28. The molecule has 1 atom stereocenters. The van der Waals surface area contributed by atoms with Crippen LogP contribution in [0.5, 0.6) is 0 Å². The zero-order valence-electron chi connectivity index (χ0n) is 8.71. The number of nitrogens with zero attached hydrogens (tertiary/aromatic N) is 2.